The molecule has 1 unspecified atom stereocenters. The Kier molecular flexibility index (Phi) is 5.17. The van der Waals surface area contributed by atoms with Gasteiger partial charge < -0.3 is 0 Å². The summed E-state index contributed by atoms with van der Waals surface area (Å²) in [6, 6.07) is 7.03. The van der Waals surface area contributed by atoms with Gasteiger partial charge >= 0.3 is 6.18 Å². The van der Waals surface area contributed by atoms with Crippen LogP contribution in [0.15, 0.2) is 34.2 Å². The van der Waals surface area contributed by atoms with E-state index in [2.05, 4.69) is 4.98 Å². The molecule has 9 heteroatoms. The summed E-state index contributed by atoms with van der Waals surface area (Å²) in [6.07, 6.45) is -1.07. The predicted molar refractivity (Wildman–Crippen MR) is 108 cm³/mol. The minimum atomic E-state index is -4.62. The van der Waals surface area contributed by atoms with Gasteiger partial charge in [0.25, 0.3) is 5.56 Å². The van der Waals surface area contributed by atoms with E-state index in [1.54, 1.807) is 6.92 Å². The van der Waals surface area contributed by atoms with E-state index in [9.17, 15) is 23.2 Å². The first kappa shape index (κ1) is 20.0. The molecule has 0 aliphatic heterocycles. The SMILES string of the molecule is CC(C#N)Sc1nc2sc3c(c2c(=O)n1-c1ccccc1C(F)(F)F)CCCC3. The van der Waals surface area contributed by atoms with Gasteiger partial charge in [-0.3, -0.25) is 9.36 Å². The third-order valence-electron chi connectivity index (χ3n) is 4.87. The van der Waals surface area contributed by atoms with Crippen molar-refractivity contribution in [2.45, 2.75) is 49.2 Å². The summed E-state index contributed by atoms with van der Waals surface area (Å²) in [7, 11) is 0. The normalized spacial score (nSPS) is 15.1. The first-order chi connectivity index (χ1) is 13.8. The van der Waals surface area contributed by atoms with E-state index >= 15 is 0 Å². The molecule has 1 aromatic carbocycles. The third-order valence-corrected chi connectivity index (χ3v) is 7.00. The molecule has 0 amide bonds. The van der Waals surface area contributed by atoms with Gasteiger partial charge in [0.15, 0.2) is 5.16 Å². The van der Waals surface area contributed by atoms with Crippen molar-refractivity contribution >= 4 is 33.3 Å². The fourth-order valence-corrected chi connectivity index (χ4v) is 5.68. The van der Waals surface area contributed by atoms with E-state index < -0.39 is 22.5 Å². The maximum absolute atomic E-state index is 13.7. The molecule has 3 aromatic rings. The molecule has 150 valence electrons. The van der Waals surface area contributed by atoms with Crippen LogP contribution in [0.25, 0.3) is 15.9 Å². The van der Waals surface area contributed by atoms with E-state index in [0.717, 1.165) is 58.5 Å². The highest BCUT2D eigenvalue weighted by Crippen LogP contribution is 2.38. The van der Waals surface area contributed by atoms with Crippen LogP contribution in [0, 0.1) is 11.3 Å². The zero-order valence-corrected chi connectivity index (χ0v) is 17.0. The minimum Gasteiger partial charge on any atom is -0.268 e. The Morgan fingerprint density at radius 1 is 1.28 bits per heavy atom. The second-order valence-corrected chi connectivity index (χ2v) is 9.22. The van der Waals surface area contributed by atoms with E-state index in [0.29, 0.717) is 10.2 Å². The molecule has 0 N–H and O–H groups in total. The molecule has 2 heterocycles. The molecular weight excluding hydrogens is 419 g/mol. The zero-order chi connectivity index (χ0) is 20.8. The van der Waals surface area contributed by atoms with Gasteiger partial charge in [-0.25, -0.2) is 4.98 Å². The Morgan fingerprint density at radius 3 is 2.72 bits per heavy atom. The van der Waals surface area contributed by atoms with Crippen molar-refractivity contribution in [1.82, 2.24) is 9.55 Å². The number of benzene rings is 1. The number of thioether (sulfide) groups is 1. The van der Waals surface area contributed by atoms with Gasteiger partial charge in [-0.1, -0.05) is 23.9 Å². The van der Waals surface area contributed by atoms with Crippen molar-refractivity contribution in [3.63, 3.8) is 0 Å². The Hall–Kier alpha value is -2.31. The Balaban J connectivity index is 2.07. The lowest BCUT2D eigenvalue weighted by Crippen LogP contribution is -2.25. The lowest BCUT2D eigenvalue weighted by molar-refractivity contribution is -0.137. The summed E-state index contributed by atoms with van der Waals surface area (Å²) < 4.78 is 42.0. The molecule has 0 radical (unpaired) electrons. The number of hydrogen-bond acceptors (Lipinski definition) is 5. The van der Waals surface area contributed by atoms with Gasteiger partial charge in [0, 0.05) is 4.88 Å². The van der Waals surface area contributed by atoms with Crippen molar-refractivity contribution < 1.29 is 13.2 Å². The van der Waals surface area contributed by atoms with Crippen molar-refractivity contribution in [2.24, 2.45) is 0 Å². The van der Waals surface area contributed by atoms with Crippen LogP contribution < -0.4 is 5.56 Å². The number of para-hydroxylation sites is 1. The maximum atomic E-state index is 13.7. The van der Waals surface area contributed by atoms with Gasteiger partial charge in [-0.2, -0.15) is 18.4 Å². The monoisotopic (exact) mass is 435 g/mol. The number of aromatic nitrogens is 2. The highest BCUT2D eigenvalue weighted by Gasteiger charge is 2.35. The zero-order valence-electron chi connectivity index (χ0n) is 15.4. The largest absolute Gasteiger partial charge is 0.418 e. The number of alkyl halides is 3. The number of nitriles is 1. The maximum Gasteiger partial charge on any atom is 0.418 e. The topological polar surface area (TPSA) is 58.7 Å². The van der Waals surface area contributed by atoms with E-state index in [1.165, 1.54) is 29.5 Å². The van der Waals surface area contributed by atoms with Gasteiger partial charge in [0.1, 0.15) is 4.83 Å². The summed E-state index contributed by atoms with van der Waals surface area (Å²) in [6.45, 7) is 1.63. The number of fused-ring (bicyclic) bond motifs is 3. The Bertz CT molecular complexity index is 1190. The molecule has 29 heavy (non-hydrogen) atoms. The number of thiophene rings is 1. The van der Waals surface area contributed by atoms with Gasteiger partial charge in [0.05, 0.1) is 28.0 Å². The van der Waals surface area contributed by atoms with Crippen molar-refractivity contribution in [1.29, 1.82) is 5.26 Å². The first-order valence-electron chi connectivity index (χ1n) is 9.11. The molecule has 1 aliphatic carbocycles. The number of aryl methyl sites for hydroxylation is 2. The Labute approximate surface area is 173 Å². The summed E-state index contributed by atoms with van der Waals surface area (Å²) in [4.78, 5) is 19.7. The molecule has 4 rings (SSSR count). The smallest absolute Gasteiger partial charge is 0.268 e. The van der Waals surface area contributed by atoms with Crippen molar-refractivity contribution in [2.75, 3.05) is 0 Å². The number of hydrogen-bond donors (Lipinski definition) is 0. The Morgan fingerprint density at radius 2 is 2.00 bits per heavy atom. The quantitative estimate of drug-likeness (QED) is 0.411. The average Bonchev–Trinajstić information content (AvgIpc) is 3.06. The van der Waals surface area contributed by atoms with Crippen LogP contribution in [0.2, 0.25) is 0 Å². The lowest BCUT2D eigenvalue weighted by atomic mass is 9.97. The van der Waals surface area contributed by atoms with Crippen LogP contribution in [0.4, 0.5) is 13.2 Å². The van der Waals surface area contributed by atoms with Gasteiger partial charge in [0.2, 0.25) is 0 Å². The van der Waals surface area contributed by atoms with Gasteiger partial charge in [-0.15, -0.1) is 11.3 Å². The lowest BCUT2D eigenvalue weighted by Gasteiger charge is -2.18. The fraction of sp³-hybridized carbons (Fsp3) is 0.350. The molecule has 1 aliphatic rings. The number of halogens is 3. The fourth-order valence-electron chi connectivity index (χ4n) is 3.57. The number of nitrogens with zero attached hydrogens (tertiary/aromatic N) is 3. The number of rotatable bonds is 3. The van der Waals surface area contributed by atoms with Gasteiger partial charge in [-0.05, 0) is 50.3 Å². The molecule has 0 fully saturated rings. The molecule has 0 saturated heterocycles. The highest BCUT2D eigenvalue weighted by molar-refractivity contribution is 8.00. The van der Waals surface area contributed by atoms with Crippen LogP contribution >= 0.6 is 23.1 Å². The van der Waals surface area contributed by atoms with Crippen molar-refractivity contribution in [3.8, 4) is 11.8 Å². The highest BCUT2D eigenvalue weighted by atomic mass is 32.2. The second-order valence-electron chi connectivity index (χ2n) is 6.83. The summed E-state index contributed by atoms with van der Waals surface area (Å²) in [5.74, 6) is 0. The minimum absolute atomic E-state index is 0.104. The van der Waals surface area contributed by atoms with Crippen LogP contribution in [0.1, 0.15) is 35.8 Å². The van der Waals surface area contributed by atoms with E-state index in [4.69, 9.17) is 0 Å². The van der Waals surface area contributed by atoms with E-state index in [-0.39, 0.29) is 10.8 Å². The van der Waals surface area contributed by atoms with Crippen LogP contribution in [-0.4, -0.2) is 14.8 Å². The predicted octanol–water partition coefficient (Wildman–Crippen LogP) is 5.35. The summed E-state index contributed by atoms with van der Waals surface area (Å²) in [5.41, 5.74) is -0.753. The van der Waals surface area contributed by atoms with Crippen LogP contribution in [0.3, 0.4) is 0 Å². The molecule has 2 aromatic heterocycles. The summed E-state index contributed by atoms with van der Waals surface area (Å²) >= 11 is 2.42. The first-order valence-corrected chi connectivity index (χ1v) is 10.8. The molecule has 0 spiro atoms. The average molecular weight is 435 g/mol. The van der Waals surface area contributed by atoms with Crippen LogP contribution in [0.5, 0.6) is 0 Å². The molecule has 4 nitrogen and oxygen atoms in total. The third kappa shape index (κ3) is 3.55. The van der Waals surface area contributed by atoms with Crippen molar-refractivity contribution in [3.05, 3.63) is 50.6 Å². The van der Waals surface area contributed by atoms with Crippen LogP contribution in [-0.2, 0) is 19.0 Å². The molecular formula is C20H16F3N3OS2. The molecule has 0 saturated carbocycles. The van der Waals surface area contributed by atoms with E-state index in [1.807, 2.05) is 6.07 Å². The summed E-state index contributed by atoms with van der Waals surface area (Å²) in [5, 5.41) is 9.14. The molecule has 0 bridgehead atoms. The second kappa shape index (κ2) is 7.50. The molecule has 1 atom stereocenters. The standard InChI is InChI=1S/C20H16F3N3OS2/c1-11(10-24)28-19-25-17-16(12-6-2-5-9-15(12)29-17)18(27)26(19)14-8-4-3-7-13(14)20(21,22)23/h3-4,7-8,11H,2,5-6,9H2,1H3.